The molecule has 0 aliphatic rings. The topological polar surface area (TPSA) is 52.5 Å². The van der Waals surface area contributed by atoms with Crippen LogP contribution in [0.4, 0.5) is 8.78 Å². The molecule has 0 spiro atoms. The highest BCUT2D eigenvalue weighted by atomic mass is 19.1. The number of nitrogens with one attached hydrogen (secondary N) is 1. The monoisotopic (exact) mass is 231 g/mol. The Bertz CT molecular complexity index is 347. The van der Waals surface area contributed by atoms with Crippen LogP contribution in [0.15, 0.2) is 18.2 Å². The first-order chi connectivity index (χ1) is 7.54. The van der Waals surface area contributed by atoms with Gasteiger partial charge in [0.2, 0.25) is 0 Å². The van der Waals surface area contributed by atoms with Crippen LogP contribution in [0, 0.1) is 11.6 Å². The standard InChI is InChI=1S/C11H15F2NO2/c1-7(14-5-9(16)6-15)10-3-2-8(12)4-11(10)13/h2-4,7,9,14-16H,5-6H2,1H3. The molecule has 0 saturated carbocycles. The Morgan fingerprint density at radius 3 is 2.62 bits per heavy atom. The van der Waals surface area contributed by atoms with Gasteiger partial charge < -0.3 is 15.5 Å². The van der Waals surface area contributed by atoms with Crippen LogP contribution in [0.1, 0.15) is 18.5 Å². The smallest absolute Gasteiger partial charge is 0.130 e. The van der Waals surface area contributed by atoms with Crippen LogP contribution >= 0.6 is 0 Å². The molecule has 0 aromatic heterocycles. The van der Waals surface area contributed by atoms with E-state index in [4.69, 9.17) is 10.2 Å². The summed E-state index contributed by atoms with van der Waals surface area (Å²) in [6.07, 6.45) is -0.883. The molecule has 0 fully saturated rings. The molecule has 0 aliphatic carbocycles. The summed E-state index contributed by atoms with van der Waals surface area (Å²) >= 11 is 0. The van der Waals surface area contributed by atoms with Crippen molar-refractivity contribution in [3.8, 4) is 0 Å². The summed E-state index contributed by atoms with van der Waals surface area (Å²) in [6, 6.07) is 2.99. The maximum absolute atomic E-state index is 13.3. The van der Waals surface area contributed by atoms with Crippen molar-refractivity contribution in [1.29, 1.82) is 0 Å². The number of hydrogen-bond acceptors (Lipinski definition) is 3. The van der Waals surface area contributed by atoms with Gasteiger partial charge in [0.25, 0.3) is 0 Å². The fourth-order valence-electron chi connectivity index (χ4n) is 1.34. The molecule has 0 heterocycles. The van der Waals surface area contributed by atoms with E-state index in [2.05, 4.69) is 5.32 Å². The second kappa shape index (κ2) is 5.89. The Balaban J connectivity index is 2.62. The molecule has 0 bridgehead atoms. The molecule has 0 saturated heterocycles. The van der Waals surface area contributed by atoms with Crippen LogP contribution in [0.2, 0.25) is 0 Å². The van der Waals surface area contributed by atoms with Gasteiger partial charge in [-0.3, -0.25) is 0 Å². The van der Waals surface area contributed by atoms with E-state index in [1.807, 2.05) is 0 Å². The maximum atomic E-state index is 13.3. The second-order valence-electron chi connectivity index (χ2n) is 3.63. The molecule has 3 N–H and O–H groups in total. The van der Waals surface area contributed by atoms with Crippen LogP contribution in [-0.2, 0) is 0 Å². The van der Waals surface area contributed by atoms with Gasteiger partial charge in [0.15, 0.2) is 0 Å². The van der Waals surface area contributed by atoms with Gasteiger partial charge >= 0.3 is 0 Å². The Labute approximate surface area is 92.7 Å². The molecular weight excluding hydrogens is 216 g/mol. The van der Waals surface area contributed by atoms with E-state index in [1.54, 1.807) is 6.92 Å². The average Bonchev–Trinajstić information content (AvgIpc) is 2.25. The quantitative estimate of drug-likeness (QED) is 0.707. The summed E-state index contributed by atoms with van der Waals surface area (Å²) in [5.74, 6) is -1.25. The third-order valence-electron chi connectivity index (χ3n) is 2.30. The number of hydrogen-bond donors (Lipinski definition) is 3. The minimum Gasteiger partial charge on any atom is -0.394 e. The van der Waals surface area contributed by atoms with Crippen molar-refractivity contribution < 1.29 is 19.0 Å². The van der Waals surface area contributed by atoms with Crippen molar-refractivity contribution >= 4 is 0 Å². The highest BCUT2D eigenvalue weighted by Gasteiger charge is 2.12. The Morgan fingerprint density at radius 1 is 1.38 bits per heavy atom. The fraction of sp³-hybridized carbons (Fsp3) is 0.455. The zero-order valence-electron chi connectivity index (χ0n) is 8.95. The second-order valence-corrected chi connectivity index (χ2v) is 3.63. The SMILES string of the molecule is CC(NCC(O)CO)c1ccc(F)cc1F. The molecule has 16 heavy (non-hydrogen) atoms. The molecule has 5 heteroatoms. The number of halogens is 2. The highest BCUT2D eigenvalue weighted by Crippen LogP contribution is 2.17. The summed E-state index contributed by atoms with van der Waals surface area (Å²) in [4.78, 5) is 0. The first-order valence-corrected chi connectivity index (χ1v) is 5.02. The zero-order valence-corrected chi connectivity index (χ0v) is 8.95. The lowest BCUT2D eigenvalue weighted by atomic mass is 10.1. The predicted octanol–water partition coefficient (Wildman–Crippen LogP) is 0.969. The van der Waals surface area contributed by atoms with E-state index in [9.17, 15) is 8.78 Å². The van der Waals surface area contributed by atoms with Gasteiger partial charge in [0.05, 0.1) is 12.7 Å². The van der Waals surface area contributed by atoms with E-state index < -0.39 is 17.7 Å². The van der Waals surface area contributed by atoms with E-state index in [1.165, 1.54) is 12.1 Å². The third-order valence-corrected chi connectivity index (χ3v) is 2.30. The lowest BCUT2D eigenvalue weighted by Crippen LogP contribution is -2.31. The average molecular weight is 231 g/mol. The molecule has 2 atom stereocenters. The molecule has 0 aliphatic heterocycles. The first-order valence-electron chi connectivity index (χ1n) is 5.02. The predicted molar refractivity (Wildman–Crippen MR) is 55.9 cm³/mol. The van der Waals surface area contributed by atoms with E-state index in [0.29, 0.717) is 5.56 Å². The van der Waals surface area contributed by atoms with Crippen LogP contribution in [0.5, 0.6) is 0 Å². The first kappa shape index (κ1) is 13.0. The molecule has 0 amide bonds. The molecule has 1 aromatic carbocycles. The van der Waals surface area contributed by atoms with Crippen molar-refractivity contribution in [1.82, 2.24) is 5.32 Å². The normalized spacial score (nSPS) is 14.8. The lowest BCUT2D eigenvalue weighted by Gasteiger charge is -2.16. The van der Waals surface area contributed by atoms with Gasteiger partial charge in [-0.2, -0.15) is 0 Å². The van der Waals surface area contributed by atoms with Gasteiger partial charge in [-0.1, -0.05) is 6.07 Å². The summed E-state index contributed by atoms with van der Waals surface area (Å²) in [7, 11) is 0. The summed E-state index contributed by atoms with van der Waals surface area (Å²) in [5, 5.41) is 20.5. The molecule has 0 radical (unpaired) electrons. The fourth-order valence-corrected chi connectivity index (χ4v) is 1.34. The molecule has 1 rings (SSSR count). The van der Waals surface area contributed by atoms with E-state index in [0.717, 1.165) is 6.07 Å². The maximum Gasteiger partial charge on any atom is 0.130 e. The van der Waals surface area contributed by atoms with Crippen molar-refractivity contribution in [3.05, 3.63) is 35.4 Å². The Hall–Kier alpha value is -1.04. The van der Waals surface area contributed by atoms with Crippen molar-refractivity contribution in [2.75, 3.05) is 13.2 Å². The number of benzene rings is 1. The van der Waals surface area contributed by atoms with E-state index >= 15 is 0 Å². The van der Waals surface area contributed by atoms with Crippen LogP contribution in [0.3, 0.4) is 0 Å². The molecule has 2 unspecified atom stereocenters. The molecule has 1 aromatic rings. The summed E-state index contributed by atoms with van der Waals surface area (Å²) in [5.41, 5.74) is 0.325. The zero-order chi connectivity index (χ0) is 12.1. The van der Waals surface area contributed by atoms with Crippen molar-refractivity contribution in [2.24, 2.45) is 0 Å². The van der Waals surface area contributed by atoms with Crippen LogP contribution in [0.25, 0.3) is 0 Å². The third kappa shape index (κ3) is 3.52. The molecular formula is C11H15F2NO2. The number of rotatable bonds is 5. The Kier molecular flexibility index (Phi) is 4.79. The highest BCUT2D eigenvalue weighted by molar-refractivity contribution is 5.21. The van der Waals surface area contributed by atoms with Crippen molar-refractivity contribution in [3.63, 3.8) is 0 Å². The van der Waals surface area contributed by atoms with Crippen LogP contribution in [-0.4, -0.2) is 29.5 Å². The summed E-state index contributed by atoms with van der Waals surface area (Å²) < 4.78 is 26.0. The van der Waals surface area contributed by atoms with Gasteiger partial charge in [-0.05, 0) is 13.0 Å². The van der Waals surface area contributed by atoms with E-state index in [-0.39, 0.29) is 19.2 Å². The van der Waals surface area contributed by atoms with Crippen molar-refractivity contribution in [2.45, 2.75) is 19.1 Å². The molecule has 3 nitrogen and oxygen atoms in total. The number of aliphatic hydroxyl groups excluding tert-OH is 2. The van der Waals surface area contributed by atoms with Gasteiger partial charge in [0.1, 0.15) is 11.6 Å². The van der Waals surface area contributed by atoms with Gasteiger partial charge in [0, 0.05) is 24.2 Å². The van der Waals surface area contributed by atoms with Crippen LogP contribution < -0.4 is 5.32 Å². The van der Waals surface area contributed by atoms with Gasteiger partial charge in [-0.15, -0.1) is 0 Å². The summed E-state index contributed by atoms with van der Waals surface area (Å²) in [6.45, 7) is 1.49. The Morgan fingerprint density at radius 2 is 2.06 bits per heavy atom. The minimum atomic E-state index is -0.883. The number of aliphatic hydroxyl groups is 2. The molecule has 90 valence electrons. The van der Waals surface area contributed by atoms with Gasteiger partial charge in [-0.25, -0.2) is 8.78 Å². The minimum absolute atomic E-state index is 0.147. The largest absolute Gasteiger partial charge is 0.394 e. The lowest BCUT2D eigenvalue weighted by molar-refractivity contribution is 0.0923.